The number of anilines is 1. The van der Waals surface area contributed by atoms with Gasteiger partial charge in [-0.2, -0.15) is 8.42 Å². The highest BCUT2D eigenvalue weighted by Crippen LogP contribution is 2.35. The number of benzene rings is 1. The zero-order valence-corrected chi connectivity index (χ0v) is 10.1. The molecule has 0 fully saturated rings. The smallest absolute Gasteiger partial charge is 0.298 e. The number of nitrogens with zero attached hydrogens (tertiary/aromatic N) is 1. The maximum atomic E-state index is 11.5. The molecule has 1 heterocycles. The fourth-order valence-corrected chi connectivity index (χ4v) is 3.39. The first-order valence-electron chi connectivity index (χ1n) is 4.73. The van der Waals surface area contributed by atoms with E-state index >= 15 is 0 Å². The van der Waals surface area contributed by atoms with E-state index in [1.807, 2.05) is 0 Å². The summed E-state index contributed by atoms with van der Waals surface area (Å²) in [6.07, 6.45) is 0.386. The molecule has 0 aliphatic carbocycles. The molecule has 1 atom stereocenters. The van der Waals surface area contributed by atoms with E-state index in [4.69, 9.17) is 10.7 Å². The number of fused-ring (bicyclic) bond motifs is 1. The van der Waals surface area contributed by atoms with E-state index < -0.39 is 15.3 Å². The Morgan fingerprint density at radius 3 is 2.62 bits per heavy atom. The van der Waals surface area contributed by atoms with Crippen molar-refractivity contribution >= 4 is 31.4 Å². The van der Waals surface area contributed by atoms with Crippen LogP contribution in [0.1, 0.15) is 12.5 Å². The number of Topliss-reactive ketones (excluding diaryl/α,β-unsaturated/α-hetero) is 1. The minimum atomic E-state index is -3.93. The molecule has 0 saturated heterocycles. The number of halogens is 1. The van der Waals surface area contributed by atoms with E-state index in [2.05, 4.69) is 0 Å². The number of ketones is 1. The summed E-state index contributed by atoms with van der Waals surface area (Å²) in [4.78, 5) is 11.4. The van der Waals surface area contributed by atoms with Crippen molar-refractivity contribution in [3.05, 3.63) is 29.8 Å². The Morgan fingerprint density at radius 2 is 2.06 bits per heavy atom. The lowest BCUT2D eigenvalue weighted by Crippen LogP contribution is -2.39. The lowest BCUT2D eigenvalue weighted by Gasteiger charge is -2.21. The molecule has 1 aromatic rings. The van der Waals surface area contributed by atoms with Crippen LogP contribution >= 0.6 is 10.7 Å². The van der Waals surface area contributed by atoms with Crippen LogP contribution in [0.25, 0.3) is 0 Å². The van der Waals surface area contributed by atoms with Gasteiger partial charge in [0, 0.05) is 17.1 Å². The van der Waals surface area contributed by atoms with Crippen LogP contribution in [0.15, 0.2) is 24.3 Å². The molecule has 1 unspecified atom stereocenters. The molecular weight excluding hydrogens is 250 g/mol. The third kappa shape index (κ3) is 1.81. The predicted octanol–water partition coefficient (Wildman–Crippen LogP) is 1.49. The van der Waals surface area contributed by atoms with Crippen LogP contribution in [0.3, 0.4) is 0 Å². The zero-order chi connectivity index (χ0) is 11.9. The quantitative estimate of drug-likeness (QED) is 0.756. The molecule has 16 heavy (non-hydrogen) atoms. The summed E-state index contributed by atoms with van der Waals surface area (Å²) in [6.45, 7) is 1.37. The van der Waals surface area contributed by atoms with Gasteiger partial charge in [0.25, 0.3) is 0 Å². The van der Waals surface area contributed by atoms with E-state index in [9.17, 15) is 13.2 Å². The number of hydrogen-bond acceptors (Lipinski definition) is 3. The highest BCUT2D eigenvalue weighted by Gasteiger charge is 2.38. The topological polar surface area (TPSA) is 54.5 Å². The summed E-state index contributed by atoms with van der Waals surface area (Å²) in [5, 5.41) is 0. The van der Waals surface area contributed by atoms with Gasteiger partial charge in [0.1, 0.15) is 6.04 Å². The average Bonchev–Trinajstić information content (AvgIpc) is 2.55. The van der Waals surface area contributed by atoms with Crippen molar-refractivity contribution in [2.75, 3.05) is 4.31 Å². The van der Waals surface area contributed by atoms with Crippen molar-refractivity contribution in [2.24, 2.45) is 0 Å². The van der Waals surface area contributed by atoms with Crippen molar-refractivity contribution in [2.45, 2.75) is 19.4 Å². The maximum Gasteiger partial charge on any atom is 0.322 e. The van der Waals surface area contributed by atoms with Gasteiger partial charge >= 0.3 is 9.24 Å². The van der Waals surface area contributed by atoms with Crippen LogP contribution in [-0.4, -0.2) is 20.2 Å². The molecule has 1 aliphatic rings. The SMILES string of the molecule is CC(=O)C1Cc2ccccc2N1S(=O)(=O)Cl. The number of carbonyl (C=O) groups is 1. The number of carbonyl (C=O) groups excluding carboxylic acids is 1. The molecule has 0 N–H and O–H groups in total. The van der Waals surface area contributed by atoms with E-state index in [1.165, 1.54) is 6.92 Å². The molecule has 0 bridgehead atoms. The van der Waals surface area contributed by atoms with Gasteiger partial charge in [0.15, 0.2) is 5.78 Å². The van der Waals surface area contributed by atoms with Crippen LogP contribution in [0, 0.1) is 0 Å². The van der Waals surface area contributed by atoms with E-state index in [1.54, 1.807) is 24.3 Å². The summed E-state index contributed by atoms with van der Waals surface area (Å²) >= 11 is 0. The minimum absolute atomic E-state index is 0.208. The molecule has 1 aliphatic heterocycles. The van der Waals surface area contributed by atoms with Crippen LogP contribution in [0.4, 0.5) is 5.69 Å². The average molecular weight is 260 g/mol. The first-order valence-corrected chi connectivity index (χ1v) is 7.00. The fourth-order valence-electron chi connectivity index (χ4n) is 1.94. The van der Waals surface area contributed by atoms with Crippen LogP contribution < -0.4 is 4.31 Å². The van der Waals surface area contributed by atoms with Crippen LogP contribution in [0.5, 0.6) is 0 Å². The summed E-state index contributed by atoms with van der Waals surface area (Å²) in [5.41, 5.74) is 1.32. The monoisotopic (exact) mass is 259 g/mol. The van der Waals surface area contributed by atoms with E-state index in [-0.39, 0.29) is 5.78 Å². The third-order valence-corrected chi connectivity index (χ3v) is 4.00. The summed E-state index contributed by atoms with van der Waals surface area (Å²) < 4.78 is 23.9. The van der Waals surface area contributed by atoms with Crippen molar-refractivity contribution in [1.82, 2.24) is 0 Å². The van der Waals surface area contributed by atoms with Gasteiger partial charge in [0.05, 0.1) is 5.69 Å². The van der Waals surface area contributed by atoms with Gasteiger partial charge in [0.2, 0.25) is 0 Å². The van der Waals surface area contributed by atoms with E-state index in [0.29, 0.717) is 12.1 Å². The highest BCUT2D eigenvalue weighted by atomic mass is 35.7. The normalized spacial score (nSPS) is 19.6. The molecule has 6 heteroatoms. The van der Waals surface area contributed by atoms with Gasteiger partial charge in [-0.05, 0) is 18.6 Å². The number of rotatable bonds is 2. The molecule has 86 valence electrons. The Balaban J connectivity index is 2.57. The van der Waals surface area contributed by atoms with Gasteiger partial charge in [-0.15, -0.1) is 0 Å². The van der Waals surface area contributed by atoms with Gasteiger partial charge in [-0.25, -0.2) is 4.31 Å². The largest absolute Gasteiger partial charge is 0.322 e. The Hall–Kier alpha value is -1.07. The second kappa shape index (κ2) is 3.75. The second-order valence-corrected chi connectivity index (χ2v) is 6.08. The summed E-state index contributed by atoms with van der Waals surface area (Å²) in [7, 11) is 1.43. The van der Waals surface area contributed by atoms with Crippen LogP contribution in [0.2, 0.25) is 0 Å². The molecule has 0 amide bonds. The predicted molar refractivity (Wildman–Crippen MR) is 61.9 cm³/mol. The molecule has 4 nitrogen and oxygen atoms in total. The minimum Gasteiger partial charge on any atom is -0.298 e. The maximum absolute atomic E-state index is 11.5. The van der Waals surface area contributed by atoms with Gasteiger partial charge in [-0.3, -0.25) is 4.79 Å². The third-order valence-electron chi connectivity index (χ3n) is 2.63. The molecule has 0 saturated carbocycles. The highest BCUT2D eigenvalue weighted by molar-refractivity contribution is 8.14. The Kier molecular flexibility index (Phi) is 2.67. The van der Waals surface area contributed by atoms with E-state index in [0.717, 1.165) is 9.87 Å². The van der Waals surface area contributed by atoms with Crippen molar-refractivity contribution in [3.8, 4) is 0 Å². The number of hydrogen-bond donors (Lipinski definition) is 0. The fraction of sp³-hybridized carbons (Fsp3) is 0.300. The first kappa shape index (κ1) is 11.4. The molecule has 0 aromatic heterocycles. The summed E-state index contributed by atoms with van der Waals surface area (Å²) in [5.74, 6) is -0.208. The Bertz CT molecular complexity index is 541. The van der Waals surface area contributed by atoms with Gasteiger partial charge in [-0.1, -0.05) is 18.2 Å². The molecular formula is C10H10ClNO3S. The van der Waals surface area contributed by atoms with Gasteiger partial charge < -0.3 is 0 Å². The Labute approximate surface area is 98.4 Å². The molecule has 1 aromatic carbocycles. The summed E-state index contributed by atoms with van der Waals surface area (Å²) in [6, 6.07) is 6.27. The standard InChI is InChI=1S/C10H10ClNO3S/c1-7(13)10-6-8-4-2-3-5-9(8)12(10)16(11,14)15/h2-5,10H,6H2,1H3. The zero-order valence-electron chi connectivity index (χ0n) is 8.55. The van der Waals surface area contributed by atoms with Crippen molar-refractivity contribution in [3.63, 3.8) is 0 Å². The lowest BCUT2D eigenvalue weighted by molar-refractivity contribution is -0.117. The number of para-hydroxylation sites is 1. The van der Waals surface area contributed by atoms with Crippen LogP contribution in [-0.2, 0) is 20.5 Å². The van der Waals surface area contributed by atoms with Crippen molar-refractivity contribution in [1.29, 1.82) is 0 Å². The second-order valence-electron chi connectivity index (χ2n) is 3.70. The lowest BCUT2D eigenvalue weighted by atomic mass is 10.1. The molecule has 0 radical (unpaired) electrons. The first-order chi connectivity index (χ1) is 7.41. The van der Waals surface area contributed by atoms with Crippen molar-refractivity contribution < 1.29 is 13.2 Å². The Morgan fingerprint density at radius 1 is 1.44 bits per heavy atom. The molecule has 2 rings (SSSR count). The molecule has 0 spiro atoms.